The summed E-state index contributed by atoms with van der Waals surface area (Å²) in [5.41, 5.74) is 0.969. The number of hydrogen-bond donors (Lipinski definition) is 0. The number of esters is 2. The van der Waals surface area contributed by atoms with E-state index in [1.165, 1.54) is 6.92 Å². The Kier molecular flexibility index (Phi) is 10.8. The number of benzene rings is 1. The van der Waals surface area contributed by atoms with Crippen LogP contribution in [-0.4, -0.2) is 43.3 Å². The molecule has 1 saturated carbocycles. The van der Waals surface area contributed by atoms with Gasteiger partial charge in [-0.3, -0.25) is 9.59 Å². The Bertz CT molecular complexity index is 800. The van der Waals surface area contributed by atoms with Gasteiger partial charge in [-0.25, -0.2) is 0 Å². The lowest BCUT2D eigenvalue weighted by molar-refractivity contribution is -0.195. The second-order valence-electron chi connectivity index (χ2n) is 8.98. The standard InChI is InChI=1S/C27H36O7/c1-20(29)33-24-17-25(34-27-15-9-10-16-31-27)23(18-28)22(24)13-7-2-3-8-14-26(30)32-19-21-11-5-4-6-12-21/h2,4-7,11-12,18,22-25,27H,3,8-10,13-17,19H2,1H3/b7-2-/t22-,23-,24+,25-,27+/m1/s1. The van der Waals surface area contributed by atoms with Crippen LogP contribution in [-0.2, 0) is 39.9 Å². The van der Waals surface area contributed by atoms with Crippen molar-refractivity contribution in [2.24, 2.45) is 11.8 Å². The molecule has 0 N–H and O–H groups in total. The molecule has 34 heavy (non-hydrogen) atoms. The van der Waals surface area contributed by atoms with Crippen LogP contribution in [0.5, 0.6) is 0 Å². The Hall–Kier alpha value is -2.51. The molecule has 0 spiro atoms. The zero-order chi connectivity index (χ0) is 24.2. The third-order valence-corrected chi connectivity index (χ3v) is 6.37. The summed E-state index contributed by atoms with van der Waals surface area (Å²) in [7, 11) is 0. The molecule has 3 rings (SSSR count). The number of carbonyl (C=O) groups excluding carboxylic acids is 3. The number of hydrogen-bond acceptors (Lipinski definition) is 7. The highest BCUT2D eigenvalue weighted by Gasteiger charge is 2.46. The first-order valence-electron chi connectivity index (χ1n) is 12.3. The maximum absolute atomic E-state index is 11.9. The van der Waals surface area contributed by atoms with E-state index >= 15 is 0 Å². The van der Waals surface area contributed by atoms with Gasteiger partial charge in [-0.05, 0) is 44.1 Å². The van der Waals surface area contributed by atoms with Crippen LogP contribution >= 0.6 is 0 Å². The van der Waals surface area contributed by atoms with E-state index in [-0.39, 0.29) is 48.9 Å². The van der Waals surface area contributed by atoms with Crippen LogP contribution in [0.25, 0.3) is 0 Å². The van der Waals surface area contributed by atoms with Crippen LogP contribution < -0.4 is 0 Å². The first-order valence-corrected chi connectivity index (χ1v) is 12.3. The summed E-state index contributed by atoms with van der Waals surface area (Å²) >= 11 is 0. The van der Waals surface area contributed by atoms with Crippen LogP contribution in [0.4, 0.5) is 0 Å². The maximum Gasteiger partial charge on any atom is 0.306 e. The molecule has 1 aromatic rings. The fraction of sp³-hybridized carbons (Fsp3) is 0.593. The van der Waals surface area contributed by atoms with Crippen molar-refractivity contribution in [1.82, 2.24) is 0 Å². The summed E-state index contributed by atoms with van der Waals surface area (Å²) in [6.45, 7) is 2.34. The summed E-state index contributed by atoms with van der Waals surface area (Å²) in [4.78, 5) is 35.5. The fourth-order valence-electron chi connectivity index (χ4n) is 4.64. The molecule has 0 radical (unpaired) electrons. The fourth-order valence-corrected chi connectivity index (χ4v) is 4.64. The highest BCUT2D eigenvalue weighted by atomic mass is 16.7. The van der Waals surface area contributed by atoms with E-state index in [9.17, 15) is 14.4 Å². The molecule has 1 aromatic carbocycles. The Morgan fingerprint density at radius 1 is 1.12 bits per heavy atom. The monoisotopic (exact) mass is 472 g/mol. The zero-order valence-electron chi connectivity index (χ0n) is 19.9. The average molecular weight is 473 g/mol. The first kappa shape index (κ1) is 26.1. The average Bonchev–Trinajstić information content (AvgIpc) is 3.16. The molecule has 0 aromatic heterocycles. The number of ether oxygens (including phenoxy) is 4. The molecular formula is C27H36O7. The summed E-state index contributed by atoms with van der Waals surface area (Å²) in [5, 5.41) is 0. The molecule has 1 aliphatic heterocycles. The van der Waals surface area contributed by atoms with Crippen LogP contribution in [0.2, 0.25) is 0 Å². The number of allylic oxidation sites excluding steroid dienone is 2. The lowest BCUT2D eigenvalue weighted by Crippen LogP contribution is -2.32. The van der Waals surface area contributed by atoms with E-state index in [0.29, 0.717) is 32.3 Å². The Morgan fingerprint density at radius 3 is 2.65 bits per heavy atom. The highest BCUT2D eigenvalue weighted by Crippen LogP contribution is 2.39. The molecule has 1 saturated heterocycles. The smallest absolute Gasteiger partial charge is 0.306 e. The third-order valence-electron chi connectivity index (χ3n) is 6.37. The maximum atomic E-state index is 11.9. The van der Waals surface area contributed by atoms with Crippen LogP contribution in [0.3, 0.4) is 0 Å². The van der Waals surface area contributed by atoms with Gasteiger partial charge in [0.2, 0.25) is 0 Å². The molecule has 0 unspecified atom stereocenters. The Balaban J connectivity index is 1.43. The zero-order valence-corrected chi connectivity index (χ0v) is 19.9. The van der Waals surface area contributed by atoms with Gasteiger partial charge in [0.15, 0.2) is 6.29 Å². The van der Waals surface area contributed by atoms with Crippen molar-refractivity contribution >= 4 is 18.2 Å². The van der Waals surface area contributed by atoms with Gasteiger partial charge in [0.05, 0.1) is 6.10 Å². The van der Waals surface area contributed by atoms with Crippen molar-refractivity contribution in [2.75, 3.05) is 6.61 Å². The summed E-state index contributed by atoms with van der Waals surface area (Å²) in [6, 6.07) is 9.60. The minimum atomic E-state index is -0.362. The minimum absolute atomic E-state index is 0.137. The van der Waals surface area contributed by atoms with Gasteiger partial charge >= 0.3 is 11.9 Å². The molecule has 7 nitrogen and oxygen atoms in total. The molecule has 0 amide bonds. The SMILES string of the molecule is CC(=O)O[C@H]1C[C@@H](O[C@H]2CCCCO2)[C@H](C=O)[C@H]1C/C=C\CCCC(=O)OCc1ccccc1. The number of unbranched alkanes of at least 4 members (excludes halogenated alkanes) is 1. The molecule has 1 aliphatic carbocycles. The van der Waals surface area contributed by atoms with Crippen molar-refractivity contribution in [3.05, 3.63) is 48.0 Å². The van der Waals surface area contributed by atoms with Gasteiger partial charge in [0.1, 0.15) is 19.0 Å². The van der Waals surface area contributed by atoms with E-state index in [1.807, 2.05) is 42.5 Å². The van der Waals surface area contributed by atoms with Crippen molar-refractivity contribution in [1.29, 1.82) is 0 Å². The first-order chi connectivity index (χ1) is 16.6. The van der Waals surface area contributed by atoms with Gasteiger partial charge in [0, 0.05) is 38.2 Å². The van der Waals surface area contributed by atoms with E-state index in [1.54, 1.807) is 0 Å². The largest absolute Gasteiger partial charge is 0.462 e. The predicted octanol–water partition coefficient (Wildman–Crippen LogP) is 4.52. The molecule has 186 valence electrons. The predicted molar refractivity (Wildman–Crippen MR) is 126 cm³/mol. The van der Waals surface area contributed by atoms with Gasteiger partial charge in [-0.2, -0.15) is 0 Å². The molecule has 1 heterocycles. The second-order valence-corrected chi connectivity index (χ2v) is 8.98. The number of aldehydes is 1. The van der Waals surface area contributed by atoms with Gasteiger partial charge in [0.25, 0.3) is 0 Å². The highest BCUT2D eigenvalue weighted by molar-refractivity contribution is 5.69. The van der Waals surface area contributed by atoms with Crippen LogP contribution in [0.15, 0.2) is 42.5 Å². The lowest BCUT2D eigenvalue weighted by Gasteiger charge is -2.27. The quantitative estimate of drug-likeness (QED) is 0.191. The molecule has 0 bridgehead atoms. The van der Waals surface area contributed by atoms with Gasteiger partial charge < -0.3 is 23.7 Å². The van der Waals surface area contributed by atoms with Crippen LogP contribution in [0, 0.1) is 11.8 Å². The summed E-state index contributed by atoms with van der Waals surface area (Å²) < 4.78 is 22.6. The Labute approximate surface area is 201 Å². The topological polar surface area (TPSA) is 88.1 Å². The minimum Gasteiger partial charge on any atom is -0.462 e. The van der Waals surface area contributed by atoms with E-state index in [2.05, 4.69) is 0 Å². The molecule has 2 fully saturated rings. The van der Waals surface area contributed by atoms with Crippen molar-refractivity contribution in [2.45, 2.75) is 83.4 Å². The molecule has 5 atom stereocenters. The number of rotatable bonds is 12. The van der Waals surface area contributed by atoms with Crippen LogP contribution in [0.1, 0.15) is 63.9 Å². The van der Waals surface area contributed by atoms with Gasteiger partial charge in [-0.1, -0.05) is 42.5 Å². The normalized spacial score (nSPS) is 26.9. The summed E-state index contributed by atoms with van der Waals surface area (Å²) in [6.07, 6.45) is 9.72. The Morgan fingerprint density at radius 2 is 1.94 bits per heavy atom. The second kappa shape index (κ2) is 14.0. The van der Waals surface area contributed by atoms with E-state index in [0.717, 1.165) is 37.5 Å². The van der Waals surface area contributed by atoms with Crippen molar-refractivity contribution in [3.63, 3.8) is 0 Å². The van der Waals surface area contributed by atoms with Crippen molar-refractivity contribution in [3.8, 4) is 0 Å². The third kappa shape index (κ3) is 8.37. The van der Waals surface area contributed by atoms with Crippen molar-refractivity contribution < 1.29 is 33.3 Å². The number of carbonyl (C=O) groups is 3. The van der Waals surface area contributed by atoms with E-state index in [4.69, 9.17) is 18.9 Å². The van der Waals surface area contributed by atoms with E-state index < -0.39 is 0 Å². The molecule has 7 heteroatoms. The molecular weight excluding hydrogens is 436 g/mol. The lowest BCUT2D eigenvalue weighted by atomic mass is 9.91. The van der Waals surface area contributed by atoms with Gasteiger partial charge in [-0.15, -0.1) is 0 Å². The summed E-state index contributed by atoms with van der Waals surface area (Å²) in [5.74, 6) is -1.06. The molecule has 2 aliphatic rings.